The van der Waals surface area contributed by atoms with Gasteiger partial charge in [0, 0.05) is 10.4 Å². The van der Waals surface area contributed by atoms with E-state index in [2.05, 4.69) is 11.4 Å². The van der Waals surface area contributed by atoms with Crippen molar-refractivity contribution < 1.29 is 9.53 Å². The molecule has 1 fully saturated rings. The molecule has 0 atom stereocenters. The van der Waals surface area contributed by atoms with E-state index in [1.165, 1.54) is 30.6 Å². The van der Waals surface area contributed by atoms with Crippen LogP contribution in [-0.4, -0.2) is 12.5 Å². The van der Waals surface area contributed by atoms with Crippen LogP contribution in [0.2, 0.25) is 0 Å². The van der Waals surface area contributed by atoms with Crippen LogP contribution < -0.4 is 10.1 Å². The largest absolute Gasteiger partial charge is 0.493 e. The Morgan fingerprint density at radius 3 is 2.85 bits per heavy atom. The van der Waals surface area contributed by atoms with Crippen LogP contribution in [-0.2, 0) is 12.8 Å². The van der Waals surface area contributed by atoms with Crippen molar-refractivity contribution in [2.45, 2.75) is 51.4 Å². The summed E-state index contributed by atoms with van der Waals surface area (Å²) in [6, 6.07) is 9.63. The van der Waals surface area contributed by atoms with Crippen LogP contribution in [0.3, 0.4) is 0 Å². The molecular weight excluding hydrogens is 356 g/mol. The Morgan fingerprint density at radius 2 is 2.04 bits per heavy atom. The van der Waals surface area contributed by atoms with Crippen LogP contribution in [0, 0.1) is 17.2 Å². The quantitative estimate of drug-likeness (QED) is 0.763. The number of benzene rings is 1. The molecule has 1 heterocycles. The average Bonchev–Trinajstić information content (AvgIpc) is 3.33. The fourth-order valence-corrected chi connectivity index (χ4v) is 5.30. The zero-order valence-corrected chi connectivity index (χ0v) is 16.2. The predicted octanol–water partition coefficient (Wildman–Crippen LogP) is 5.32. The molecule has 1 saturated carbocycles. The first-order chi connectivity index (χ1) is 13.2. The molecule has 1 aromatic carbocycles. The summed E-state index contributed by atoms with van der Waals surface area (Å²) in [5.74, 6) is 1.19. The van der Waals surface area contributed by atoms with Crippen molar-refractivity contribution in [1.29, 1.82) is 5.26 Å². The number of aryl methyl sites for hydroxylation is 1. The van der Waals surface area contributed by atoms with Gasteiger partial charge in [-0.1, -0.05) is 18.9 Å². The van der Waals surface area contributed by atoms with E-state index < -0.39 is 0 Å². The lowest BCUT2D eigenvalue weighted by atomic mass is 9.96. The first-order valence-corrected chi connectivity index (χ1v) is 10.6. The van der Waals surface area contributed by atoms with E-state index in [4.69, 9.17) is 4.74 Å². The lowest BCUT2D eigenvalue weighted by molar-refractivity contribution is 0.102. The highest BCUT2D eigenvalue weighted by Gasteiger charge is 2.22. The number of nitrogens with one attached hydrogen (secondary N) is 1. The summed E-state index contributed by atoms with van der Waals surface area (Å²) in [6.07, 6.45) is 9.29. The molecule has 0 radical (unpaired) electrons. The third-order valence-electron chi connectivity index (χ3n) is 5.57. The first-order valence-electron chi connectivity index (χ1n) is 9.83. The zero-order valence-electron chi connectivity index (χ0n) is 15.4. The van der Waals surface area contributed by atoms with Gasteiger partial charge >= 0.3 is 0 Å². The highest BCUT2D eigenvalue weighted by Crippen LogP contribution is 2.37. The van der Waals surface area contributed by atoms with E-state index in [0.29, 0.717) is 22.0 Å². The molecule has 5 heteroatoms. The number of carbonyl (C=O) groups is 1. The van der Waals surface area contributed by atoms with Gasteiger partial charge in [0.15, 0.2) is 0 Å². The molecule has 2 aliphatic carbocycles. The van der Waals surface area contributed by atoms with Crippen LogP contribution in [0.4, 0.5) is 5.00 Å². The van der Waals surface area contributed by atoms with Crippen LogP contribution in [0.25, 0.3) is 0 Å². The van der Waals surface area contributed by atoms with Crippen LogP contribution in [0.5, 0.6) is 5.75 Å². The molecule has 0 bridgehead atoms. The van der Waals surface area contributed by atoms with Crippen molar-refractivity contribution in [1.82, 2.24) is 0 Å². The summed E-state index contributed by atoms with van der Waals surface area (Å²) in [5.41, 5.74) is 2.35. The fourth-order valence-electron chi connectivity index (χ4n) is 4.07. The minimum atomic E-state index is -0.184. The number of anilines is 1. The molecule has 1 amide bonds. The number of nitrogens with zero attached hydrogens (tertiary/aromatic N) is 1. The molecular formula is C22H24N2O2S. The van der Waals surface area contributed by atoms with Crippen molar-refractivity contribution in [2.75, 3.05) is 11.9 Å². The van der Waals surface area contributed by atoms with Crippen molar-refractivity contribution in [2.24, 2.45) is 5.92 Å². The smallest absolute Gasteiger partial charge is 0.256 e. The maximum atomic E-state index is 12.7. The van der Waals surface area contributed by atoms with Crippen LogP contribution in [0.1, 0.15) is 64.9 Å². The number of hydrogen-bond acceptors (Lipinski definition) is 4. The van der Waals surface area contributed by atoms with Crippen LogP contribution >= 0.6 is 11.3 Å². The molecule has 1 aromatic heterocycles. The molecule has 140 valence electrons. The number of nitriles is 1. The van der Waals surface area contributed by atoms with Gasteiger partial charge in [-0.25, -0.2) is 0 Å². The highest BCUT2D eigenvalue weighted by atomic mass is 32.1. The lowest BCUT2D eigenvalue weighted by Crippen LogP contribution is -2.13. The molecule has 0 saturated heterocycles. The number of fused-ring (bicyclic) bond motifs is 1. The number of rotatable bonds is 5. The second kappa shape index (κ2) is 8.14. The summed E-state index contributed by atoms with van der Waals surface area (Å²) in [7, 11) is 0. The molecule has 2 aliphatic rings. The van der Waals surface area contributed by atoms with E-state index in [1.54, 1.807) is 23.5 Å². The SMILES string of the molecule is N#Cc1c(NC(=O)c2cccc(OCC3CCCC3)c2)sc2c1CCCC2. The minimum absolute atomic E-state index is 0.184. The van der Waals surface area contributed by atoms with E-state index in [9.17, 15) is 10.1 Å². The Kier molecular flexibility index (Phi) is 5.45. The Bertz CT molecular complexity index is 875. The number of thiophene rings is 1. The first kappa shape index (κ1) is 18.1. The summed E-state index contributed by atoms with van der Waals surface area (Å²) in [5, 5.41) is 13.2. The van der Waals surface area contributed by atoms with Gasteiger partial charge in [0.25, 0.3) is 5.91 Å². The summed E-state index contributed by atoms with van der Waals surface area (Å²) in [6.45, 7) is 0.724. The standard InChI is InChI=1S/C22H24N2O2S/c23-13-19-18-10-3-4-11-20(18)27-22(19)24-21(25)16-8-5-9-17(12-16)26-14-15-6-1-2-7-15/h5,8-9,12,15H,1-4,6-7,10-11,14H2,(H,24,25). The van der Waals surface area contributed by atoms with Crippen molar-refractivity contribution in [3.05, 3.63) is 45.8 Å². The van der Waals surface area contributed by atoms with Crippen molar-refractivity contribution >= 4 is 22.2 Å². The van der Waals surface area contributed by atoms with E-state index in [1.807, 2.05) is 12.1 Å². The second-order valence-corrected chi connectivity index (χ2v) is 8.58. The molecule has 0 aliphatic heterocycles. The van der Waals surface area contributed by atoms with E-state index in [-0.39, 0.29) is 5.91 Å². The molecule has 2 aromatic rings. The van der Waals surface area contributed by atoms with Gasteiger partial charge in [0.1, 0.15) is 16.8 Å². The topological polar surface area (TPSA) is 62.1 Å². The van der Waals surface area contributed by atoms with Gasteiger partial charge in [0.2, 0.25) is 0 Å². The summed E-state index contributed by atoms with van der Waals surface area (Å²) < 4.78 is 5.91. The Balaban J connectivity index is 1.46. The van der Waals surface area contributed by atoms with Gasteiger partial charge in [-0.05, 0) is 68.2 Å². The van der Waals surface area contributed by atoms with Gasteiger partial charge in [0.05, 0.1) is 12.2 Å². The molecule has 27 heavy (non-hydrogen) atoms. The summed E-state index contributed by atoms with van der Waals surface area (Å²) in [4.78, 5) is 14.0. The van der Waals surface area contributed by atoms with E-state index >= 15 is 0 Å². The fraction of sp³-hybridized carbons (Fsp3) is 0.455. The van der Waals surface area contributed by atoms with Crippen molar-refractivity contribution in [3.63, 3.8) is 0 Å². The highest BCUT2D eigenvalue weighted by molar-refractivity contribution is 7.16. The van der Waals surface area contributed by atoms with Gasteiger partial charge < -0.3 is 10.1 Å². The average molecular weight is 381 g/mol. The Labute approximate surface area is 164 Å². The zero-order chi connectivity index (χ0) is 18.6. The Morgan fingerprint density at radius 1 is 1.22 bits per heavy atom. The number of hydrogen-bond donors (Lipinski definition) is 1. The maximum Gasteiger partial charge on any atom is 0.256 e. The van der Waals surface area contributed by atoms with E-state index in [0.717, 1.165) is 43.6 Å². The number of carbonyl (C=O) groups excluding carboxylic acids is 1. The maximum absolute atomic E-state index is 12.7. The minimum Gasteiger partial charge on any atom is -0.493 e. The second-order valence-electron chi connectivity index (χ2n) is 7.47. The molecule has 0 spiro atoms. The van der Waals surface area contributed by atoms with Crippen molar-refractivity contribution in [3.8, 4) is 11.8 Å². The van der Waals surface area contributed by atoms with Gasteiger partial charge in [-0.15, -0.1) is 11.3 Å². The van der Waals surface area contributed by atoms with Gasteiger partial charge in [-0.3, -0.25) is 4.79 Å². The molecule has 4 nitrogen and oxygen atoms in total. The normalized spacial score (nSPS) is 16.6. The molecule has 0 unspecified atom stereocenters. The van der Waals surface area contributed by atoms with Gasteiger partial charge in [-0.2, -0.15) is 5.26 Å². The summed E-state index contributed by atoms with van der Waals surface area (Å²) >= 11 is 1.56. The lowest BCUT2D eigenvalue weighted by Gasteiger charge is -2.12. The Hall–Kier alpha value is -2.32. The van der Waals surface area contributed by atoms with Crippen LogP contribution in [0.15, 0.2) is 24.3 Å². The number of ether oxygens (including phenoxy) is 1. The monoisotopic (exact) mass is 380 g/mol. The predicted molar refractivity (Wildman–Crippen MR) is 108 cm³/mol. The molecule has 1 N–H and O–H groups in total. The third-order valence-corrected chi connectivity index (χ3v) is 6.77. The third kappa shape index (κ3) is 4.01. The number of amides is 1. The molecule has 4 rings (SSSR count).